The maximum absolute atomic E-state index is 11.7. The largest absolute Gasteiger partial charge is 0.477 e. The molecule has 0 unspecified atom stereocenters. The molecule has 0 atom stereocenters. The van der Waals surface area contributed by atoms with E-state index in [0.29, 0.717) is 37.5 Å². The molecule has 1 N–H and O–H groups in total. The zero-order chi connectivity index (χ0) is 13.9. The van der Waals surface area contributed by atoms with Crippen molar-refractivity contribution >= 4 is 11.6 Å². The van der Waals surface area contributed by atoms with Crippen LogP contribution < -0.4 is 10.1 Å². The molecule has 1 aromatic rings. The molecule has 0 radical (unpaired) electrons. The van der Waals surface area contributed by atoms with E-state index >= 15 is 0 Å². The third-order valence-electron chi connectivity index (χ3n) is 2.35. The zero-order valence-corrected chi connectivity index (χ0v) is 11.0. The van der Waals surface area contributed by atoms with Gasteiger partial charge in [0.25, 0.3) is 0 Å². The minimum atomic E-state index is -0.0901. The predicted molar refractivity (Wildman–Crippen MR) is 71.9 cm³/mol. The van der Waals surface area contributed by atoms with Gasteiger partial charge in [-0.15, -0.1) is 0 Å². The van der Waals surface area contributed by atoms with Gasteiger partial charge in [-0.05, 0) is 25.5 Å². The Morgan fingerprint density at radius 2 is 2.21 bits per heavy atom. The lowest BCUT2D eigenvalue weighted by Gasteiger charge is -2.10. The molecule has 0 bridgehead atoms. The Balaban J connectivity index is 2.47. The second kappa shape index (κ2) is 8.95. The van der Waals surface area contributed by atoms with Crippen molar-refractivity contribution in [1.29, 1.82) is 5.26 Å². The number of amides is 1. The van der Waals surface area contributed by atoms with Crippen molar-refractivity contribution < 1.29 is 14.3 Å². The Labute approximate surface area is 113 Å². The summed E-state index contributed by atoms with van der Waals surface area (Å²) in [7, 11) is 0. The van der Waals surface area contributed by atoms with E-state index in [0.717, 1.165) is 0 Å². The van der Waals surface area contributed by atoms with Crippen LogP contribution in [0.4, 0.5) is 5.69 Å². The first-order valence-corrected chi connectivity index (χ1v) is 6.24. The summed E-state index contributed by atoms with van der Waals surface area (Å²) in [5, 5.41) is 11.3. The number of nitrogens with one attached hydrogen (secondary N) is 1. The van der Waals surface area contributed by atoms with Crippen LogP contribution in [0.15, 0.2) is 24.3 Å². The number of carbonyl (C=O) groups is 1. The van der Waals surface area contributed by atoms with Crippen LogP contribution in [0, 0.1) is 11.3 Å². The monoisotopic (exact) mass is 262 g/mol. The highest BCUT2D eigenvalue weighted by Crippen LogP contribution is 2.23. The molecule has 5 heteroatoms. The van der Waals surface area contributed by atoms with Gasteiger partial charge in [0.15, 0.2) is 6.61 Å². The highest BCUT2D eigenvalue weighted by molar-refractivity contribution is 5.92. The molecule has 0 aromatic heterocycles. The number of nitrogens with zero attached hydrogens (tertiary/aromatic N) is 1. The summed E-state index contributed by atoms with van der Waals surface area (Å²) in [6.07, 6.45) is 1.08. The lowest BCUT2D eigenvalue weighted by Crippen LogP contribution is -2.13. The summed E-state index contributed by atoms with van der Waals surface area (Å²) in [5.41, 5.74) is 0.583. The number of nitriles is 1. The molecule has 5 nitrogen and oxygen atoms in total. The third-order valence-corrected chi connectivity index (χ3v) is 2.35. The Bertz CT molecular complexity index is 441. The summed E-state index contributed by atoms with van der Waals surface area (Å²) in [6, 6.07) is 8.94. The SMILES string of the molecule is CCOCCCC(=O)Nc1ccccc1OCC#N. The molecule has 0 fully saturated rings. The van der Waals surface area contributed by atoms with E-state index in [1.54, 1.807) is 24.3 Å². The number of ether oxygens (including phenoxy) is 2. The van der Waals surface area contributed by atoms with E-state index in [1.165, 1.54) is 0 Å². The number of para-hydroxylation sites is 2. The number of anilines is 1. The fourth-order valence-electron chi connectivity index (χ4n) is 1.50. The molecule has 1 aromatic carbocycles. The molecule has 1 rings (SSSR count). The van der Waals surface area contributed by atoms with Crippen molar-refractivity contribution in [3.8, 4) is 11.8 Å². The van der Waals surface area contributed by atoms with Crippen molar-refractivity contribution in [2.24, 2.45) is 0 Å². The van der Waals surface area contributed by atoms with E-state index < -0.39 is 0 Å². The standard InChI is InChI=1S/C14H18N2O3/c1-2-18-10-5-8-14(17)16-12-6-3-4-7-13(12)19-11-9-15/h3-4,6-7H,2,5,8,10-11H2,1H3,(H,16,17). The highest BCUT2D eigenvalue weighted by atomic mass is 16.5. The first-order valence-electron chi connectivity index (χ1n) is 6.24. The van der Waals surface area contributed by atoms with Crippen LogP contribution in [0.1, 0.15) is 19.8 Å². The van der Waals surface area contributed by atoms with Gasteiger partial charge in [-0.3, -0.25) is 4.79 Å². The molecule has 0 spiro atoms. The van der Waals surface area contributed by atoms with Gasteiger partial charge in [0.1, 0.15) is 11.8 Å². The molecule has 0 saturated carbocycles. The quantitative estimate of drug-likeness (QED) is 0.730. The lowest BCUT2D eigenvalue weighted by atomic mass is 10.2. The molecule has 19 heavy (non-hydrogen) atoms. The van der Waals surface area contributed by atoms with Crippen LogP contribution in [-0.2, 0) is 9.53 Å². The Hall–Kier alpha value is -2.06. The predicted octanol–water partition coefficient (Wildman–Crippen LogP) is 2.34. The Kier molecular flexibility index (Phi) is 7.06. The number of rotatable bonds is 8. The average molecular weight is 262 g/mol. The van der Waals surface area contributed by atoms with Gasteiger partial charge in [0.2, 0.25) is 5.91 Å². The third kappa shape index (κ3) is 5.89. The number of hydrogen-bond acceptors (Lipinski definition) is 4. The molecular formula is C14H18N2O3. The van der Waals surface area contributed by atoms with Crippen molar-refractivity contribution in [3.05, 3.63) is 24.3 Å². The van der Waals surface area contributed by atoms with Gasteiger partial charge in [0, 0.05) is 19.6 Å². The van der Waals surface area contributed by atoms with Crippen molar-refractivity contribution in [2.45, 2.75) is 19.8 Å². The van der Waals surface area contributed by atoms with Gasteiger partial charge in [-0.25, -0.2) is 0 Å². The van der Waals surface area contributed by atoms with E-state index in [1.807, 2.05) is 13.0 Å². The molecule has 0 aliphatic heterocycles. The van der Waals surface area contributed by atoms with E-state index in [4.69, 9.17) is 14.7 Å². The zero-order valence-electron chi connectivity index (χ0n) is 11.0. The highest BCUT2D eigenvalue weighted by Gasteiger charge is 2.07. The van der Waals surface area contributed by atoms with Crippen LogP contribution >= 0.6 is 0 Å². The molecule has 0 aliphatic carbocycles. The smallest absolute Gasteiger partial charge is 0.224 e. The number of benzene rings is 1. The number of carbonyl (C=O) groups excluding carboxylic acids is 1. The van der Waals surface area contributed by atoms with Gasteiger partial charge >= 0.3 is 0 Å². The molecule has 1 amide bonds. The van der Waals surface area contributed by atoms with Crippen LogP contribution in [0.2, 0.25) is 0 Å². The first kappa shape index (κ1) is 15.0. The molecule has 0 heterocycles. The van der Waals surface area contributed by atoms with Crippen LogP contribution in [-0.4, -0.2) is 25.7 Å². The van der Waals surface area contributed by atoms with E-state index in [9.17, 15) is 4.79 Å². The first-order chi connectivity index (χ1) is 9.27. The molecule has 0 aliphatic rings. The Morgan fingerprint density at radius 1 is 1.42 bits per heavy atom. The maximum Gasteiger partial charge on any atom is 0.224 e. The number of hydrogen-bond donors (Lipinski definition) is 1. The summed E-state index contributed by atoms with van der Waals surface area (Å²) >= 11 is 0. The Morgan fingerprint density at radius 3 is 2.95 bits per heavy atom. The second-order valence-electron chi connectivity index (χ2n) is 3.79. The fourth-order valence-corrected chi connectivity index (χ4v) is 1.50. The lowest BCUT2D eigenvalue weighted by molar-refractivity contribution is -0.116. The molecule has 0 saturated heterocycles. The minimum absolute atomic E-state index is 0.0444. The average Bonchev–Trinajstić information content (AvgIpc) is 2.43. The summed E-state index contributed by atoms with van der Waals surface area (Å²) in [4.78, 5) is 11.7. The van der Waals surface area contributed by atoms with Crippen LogP contribution in [0.5, 0.6) is 5.75 Å². The minimum Gasteiger partial charge on any atom is -0.477 e. The van der Waals surface area contributed by atoms with Crippen molar-refractivity contribution in [3.63, 3.8) is 0 Å². The molecule has 102 valence electrons. The maximum atomic E-state index is 11.7. The van der Waals surface area contributed by atoms with Gasteiger partial charge < -0.3 is 14.8 Å². The van der Waals surface area contributed by atoms with Gasteiger partial charge in [-0.1, -0.05) is 12.1 Å². The summed E-state index contributed by atoms with van der Waals surface area (Å²) in [6.45, 7) is 3.11. The van der Waals surface area contributed by atoms with Gasteiger partial charge in [-0.2, -0.15) is 5.26 Å². The van der Waals surface area contributed by atoms with E-state index in [-0.39, 0.29) is 12.5 Å². The molecular weight excluding hydrogens is 244 g/mol. The summed E-state index contributed by atoms with van der Waals surface area (Å²) < 4.78 is 10.4. The van der Waals surface area contributed by atoms with Gasteiger partial charge in [0.05, 0.1) is 5.69 Å². The van der Waals surface area contributed by atoms with Crippen LogP contribution in [0.25, 0.3) is 0 Å². The van der Waals surface area contributed by atoms with E-state index in [2.05, 4.69) is 5.32 Å². The summed E-state index contributed by atoms with van der Waals surface area (Å²) in [5.74, 6) is 0.412. The second-order valence-corrected chi connectivity index (χ2v) is 3.79. The fraction of sp³-hybridized carbons (Fsp3) is 0.429. The topological polar surface area (TPSA) is 71.3 Å². The normalized spacial score (nSPS) is 9.68. The van der Waals surface area contributed by atoms with Crippen LogP contribution in [0.3, 0.4) is 0 Å². The van der Waals surface area contributed by atoms with Crippen molar-refractivity contribution in [2.75, 3.05) is 25.1 Å². The van der Waals surface area contributed by atoms with Crippen molar-refractivity contribution in [1.82, 2.24) is 0 Å².